The van der Waals surface area contributed by atoms with Crippen LogP contribution < -0.4 is 5.32 Å². The highest BCUT2D eigenvalue weighted by Crippen LogP contribution is 2.29. The van der Waals surface area contributed by atoms with E-state index in [0.29, 0.717) is 21.8 Å². The molecule has 1 amide bonds. The number of esters is 1. The molecule has 4 rings (SSSR count). The van der Waals surface area contributed by atoms with E-state index in [1.165, 1.54) is 37.3 Å². The maximum absolute atomic E-state index is 12.8. The van der Waals surface area contributed by atoms with Crippen LogP contribution in [0.4, 0.5) is 5.69 Å². The quantitative estimate of drug-likeness (QED) is 0.485. The Balaban J connectivity index is 1.50. The van der Waals surface area contributed by atoms with Crippen molar-refractivity contribution in [2.24, 2.45) is 0 Å². The lowest BCUT2D eigenvalue weighted by molar-refractivity contribution is -0.123. The van der Waals surface area contributed by atoms with Crippen molar-refractivity contribution < 1.29 is 23.9 Å². The second kappa shape index (κ2) is 8.16. The number of amides is 1. The Morgan fingerprint density at radius 2 is 1.48 bits per heavy atom. The van der Waals surface area contributed by atoms with Crippen LogP contribution in [0.5, 0.6) is 0 Å². The number of anilines is 1. The molecule has 1 unspecified atom stereocenters. The van der Waals surface area contributed by atoms with Gasteiger partial charge in [-0.15, -0.1) is 0 Å². The first-order valence-corrected chi connectivity index (χ1v) is 9.83. The molecule has 0 bridgehead atoms. The molecule has 0 radical (unpaired) electrons. The molecule has 0 aliphatic heterocycles. The van der Waals surface area contributed by atoms with Crippen LogP contribution in [0.2, 0.25) is 5.02 Å². The molecular formula is C24H16ClNO5. The third-order valence-electron chi connectivity index (χ3n) is 4.91. The van der Waals surface area contributed by atoms with Gasteiger partial charge in [0.05, 0.1) is 5.56 Å². The third-order valence-corrected chi connectivity index (χ3v) is 5.14. The summed E-state index contributed by atoms with van der Waals surface area (Å²) in [6.45, 7) is 1.43. The summed E-state index contributed by atoms with van der Waals surface area (Å²) in [5.41, 5.74) is 1.72. The minimum Gasteiger partial charge on any atom is -0.449 e. The Labute approximate surface area is 182 Å². The van der Waals surface area contributed by atoms with E-state index in [-0.39, 0.29) is 28.3 Å². The number of hydrogen-bond acceptors (Lipinski definition) is 5. The fourth-order valence-electron chi connectivity index (χ4n) is 3.32. The first kappa shape index (κ1) is 20.5. The predicted octanol–water partition coefficient (Wildman–Crippen LogP) is 4.30. The maximum atomic E-state index is 12.8. The van der Waals surface area contributed by atoms with Crippen molar-refractivity contribution in [3.05, 3.63) is 99.6 Å². The molecule has 0 spiro atoms. The zero-order valence-electron chi connectivity index (χ0n) is 16.3. The maximum Gasteiger partial charge on any atom is 0.338 e. The van der Waals surface area contributed by atoms with Gasteiger partial charge in [0.2, 0.25) is 0 Å². The number of ketones is 2. The Hall–Kier alpha value is -3.77. The monoisotopic (exact) mass is 433 g/mol. The van der Waals surface area contributed by atoms with Crippen molar-refractivity contribution in [1.29, 1.82) is 0 Å². The van der Waals surface area contributed by atoms with Gasteiger partial charge < -0.3 is 10.1 Å². The SMILES string of the molecule is CC(OC(=O)c1cccc(Cl)c1)C(=O)Nc1ccc2c(c1)C(=O)c1ccccc1C2=O. The molecule has 0 heterocycles. The number of hydrogen-bond donors (Lipinski definition) is 1. The van der Waals surface area contributed by atoms with Crippen LogP contribution in [0.1, 0.15) is 49.1 Å². The van der Waals surface area contributed by atoms with Crippen LogP contribution in [-0.4, -0.2) is 29.5 Å². The summed E-state index contributed by atoms with van der Waals surface area (Å²) in [5, 5.41) is 2.99. The number of nitrogens with one attached hydrogen (secondary N) is 1. The number of benzene rings is 3. The van der Waals surface area contributed by atoms with Crippen LogP contribution in [0.15, 0.2) is 66.7 Å². The lowest BCUT2D eigenvalue weighted by Gasteiger charge is -2.19. The summed E-state index contributed by atoms with van der Waals surface area (Å²) in [6, 6.07) is 17.3. The zero-order valence-corrected chi connectivity index (χ0v) is 17.1. The lowest BCUT2D eigenvalue weighted by Crippen LogP contribution is -2.30. The number of halogens is 1. The van der Waals surface area contributed by atoms with Gasteiger partial charge >= 0.3 is 5.97 Å². The summed E-state index contributed by atoms with van der Waals surface area (Å²) in [7, 11) is 0. The molecule has 0 fully saturated rings. The highest BCUT2D eigenvalue weighted by molar-refractivity contribution is 6.31. The van der Waals surface area contributed by atoms with Gasteiger partial charge in [0.1, 0.15) is 0 Å². The van der Waals surface area contributed by atoms with Crippen LogP contribution >= 0.6 is 11.6 Å². The van der Waals surface area contributed by atoms with Crippen molar-refractivity contribution in [1.82, 2.24) is 0 Å². The van der Waals surface area contributed by atoms with Crippen LogP contribution in [0, 0.1) is 0 Å². The van der Waals surface area contributed by atoms with Gasteiger partial charge in [-0.05, 0) is 43.3 Å². The molecule has 154 valence electrons. The predicted molar refractivity (Wildman–Crippen MR) is 115 cm³/mol. The molecule has 1 N–H and O–H groups in total. The Bertz CT molecular complexity index is 1250. The second-order valence-electron chi connectivity index (χ2n) is 7.01. The van der Waals surface area contributed by atoms with E-state index in [2.05, 4.69) is 5.32 Å². The van der Waals surface area contributed by atoms with Gasteiger partial charge in [-0.25, -0.2) is 4.79 Å². The second-order valence-corrected chi connectivity index (χ2v) is 7.45. The molecule has 1 aliphatic carbocycles. The number of carbonyl (C=O) groups excluding carboxylic acids is 4. The normalized spacial score (nSPS) is 13.1. The van der Waals surface area contributed by atoms with Crippen molar-refractivity contribution in [2.45, 2.75) is 13.0 Å². The standard InChI is InChI=1S/C24H16ClNO5/c1-13(31-24(30)14-5-4-6-15(25)11-14)23(29)26-16-9-10-19-20(12-16)22(28)18-8-3-2-7-17(18)21(19)27/h2-13H,1H3,(H,26,29). The van der Waals surface area contributed by atoms with E-state index in [4.69, 9.17) is 16.3 Å². The van der Waals surface area contributed by atoms with Gasteiger partial charge in [0.15, 0.2) is 17.7 Å². The minimum absolute atomic E-state index is 0.213. The average Bonchev–Trinajstić information content (AvgIpc) is 2.77. The Kier molecular flexibility index (Phi) is 5.40. The van der Waals surface area contributed by atoms with Crippen molar-refractivity contribution >= 4 is 40.7 Å². The highest BCUT2D eigenvalue weighted by Gasteiger charge is 2.29. The average molecular weight is 434 g/mol. The summed E-state index contributed by atoms with van der Waals surface area (Å²) < 4.78 is 5.19. The van der Waals surface area contributed by atoms with E-state index >= 15 is 0 Å². The molecule has 7 heteroatoms. The lowest BCUT2D eigenvalue weighted by atomic mass is 9.84. The van der Waals surface area contributed by atoms with Crippen LogP contribution in [0.25, 0.3) is 0 Å². The van der Waals surface area contributed by atoms with Crippen molar-refractivity contribution in [3.8, 4) is 0 Å². The van der Waals surface area contributed by atoms with Crippen molar-refractivity contribution in [3.63, 3.8) is 0 Å². The zero-order chi connectivity index (χ0) is 22.1. The van der Waals surface area contributed by atoms with Gasteiger partial charge in [0.25, 0.3) is 5.91 Å². The Morgan fingerprint density at radius 1 is 0.839 bits per heavy atom. The van der Waals surface area contributed by atoms with E-state index in [1.807, 2.05) is 0 Å². The summed E-state index contributed by atoms with van der Waals surface area (Å²) in [4.78, 5) is 50.2. The van der Waals surface area contributed by atoms with Crippen LogP contribution in [-0.2, 0) is 9.53 Å². The van der Waals surface area contributed by atoms with E-state index < -0.39 is 18.0 Å². The summed E-state index contributed by atoms with van der Waals surface area (Å²) in [6.07, 6.45) is -1.10. The topological polar surface area (TPSA) is 89.5 Å². The number of rotatable bonds is 4. The van der Waals surface area contributed by atoms with Crippen molar-refractivity contribution in [2.75, 3.05) is 5.32 Å². The molecule has 6 nitrogen and oxygen atoms in total. The fourth-order valence-corrected chi connectivity index (χ4v) is 3.51. The molecule has 3 aromatic rings. The fraction of sp³-hybridized carbons (Fsp3) is 0.0833. The summed E-state index contributed by atoms with van der Waals surface area (Å²) in [5.74, 6) is -1.80. The molecule has 0 saturated heterocycles. The number of carbonyl (C=O) groups is 4. The molecule has 31 heavy (non-hydrogen) atoms. The van der Waals surface area contributed by atoms with Gasteiger partial charge in [-0.3, -0.25) is 14.4 Å². The molecule has 0 saturated carbocycles. The van der Waals surface area contributed by atoms with Gasteiger partial charge in [-0.2, -0.15) is 0 Å². The molecule has 1 atom stereocenters. The molecule has 0 aromatic heterocycles. The van der Waals surface area contributed by atoms with E-state index in [1.54, 1.807) is 36.4 Å². The Morgan fingerprint density at radius 3 is 2.16 bits per heavy atom. The minimum atomic E-state index is -1.10. The van der Waals surface area contributed by atoms with E-state index in [0.717, 1.165) is 0 Å². The number of ether oxygens (including phenoxy) is 1. The molecule has 1 aliphatic rings. The van der Waals surface area contributed by atoms with Gasteiger partial charge in [0, 0.05) is 33.0 Å². The van der Waals surface area contributed by atoms with E-state index in [9.17, 15) is 19.2 Å². The highest BCUT2D eigenvalue weighted by atomic mass is 35.5. The van der Waals surface area contributed by atoms with Crippen LogP contribution in [0.3, 0.4) is 0 Å². The van der Waals surface area contributed by atoms with Gasteiger partial charge in [-0.1, -0.05) is 41.9 Å². The third kappa shape index (κ3) is 3.98. The number of fused-ring (bicyclic) bond motifs is 2. The first-order valence-electron chi connectivity index (χ1n) is 9.45. The largest absolute Gasteiger partial charge is 0.449 e. The smallest absolute Gasteiger partial charge is 0.338 e. The summed E-state index contributed by atoms with van der Waals surface area (Å²) >= 11 is 5.87. The molecular weight excluding hydrogens is 418 g/mol. The molecule has 3 aromatic carbocycles. The first-order chi connectivity index (χ1) is 14.8.